The number of carbonyl (C=O) groups excluding carboxylic acids is 1. The molecular weight excluding hydrogens is 469 g/mol. The first-order valence-electron chi connectivity index (χ1n) is 12.3. The summed E-state index contributed by atoms with van der Waals surface area (Å²) in [6.07, 6.45) is 6.98. The summed E-state index contributed by atoms with van der Waals surface area (Å²) >= 11 is 6.03. The van der Waals surface area contributed by atoms with Gasteiger partial charge in [-0.2, -0.15) is 5.10 Å². The summed E-state index contributed by atoms with van der Waals surface area (Å²) < 4.78 is 27.7. The Morgan fingerprint density at radius 2 is 2.00 bits per heavy atom. The first-order chi connectivity index (χ1) is 16.6. The van der Waals surface area contributed by atoms with Gasteiger partial charge in [0.2, 0.25) is 0 Å². The molecule has 0 spiro atoms. The van der Waals surface area contributed by atoms with Gasteiger partial charge in [0.15, 0.2) is 6.10 Å². The minimum Gasteiger partial charge on any atom is -0.453 e. The maximum absolute atomic E-state index is 14.2. The van der Waals surface area contributed by atoms with Crippen LogP contribution in [0.5, 0.6) is 0 Å². The molecule has 3 rings (SSSR count). The molecule has 1 saturated carbocycles. The molecule has 192 valence electrons. The Balaban J connectivity index is 1.83. The first kappa shape index (κ1) is 27.3. The summed E-state index contributed by atoms with van der Waals surface area (Å²) in [5, 5.41) is 4.83. The predicted octanol–water partition coefficient (Wildman–Crippen LogP) is 6.31. The van der Waals surface area contributed by atoms with E-state index in [9.17, 15) is 9.18 Å². The van der Waals surface area contributed by atoms with E-state index < -0.39 is 24.2 Å². The Kier molecular flexibility index (Phi) is 9.47. The van der Waals surface area contributed by atoms with Gasteiger partial charge in [-0.15, -0.1) is 0 Å². The monoisotopic (exact) mass is 505 g/mol. The van der Waals surface area contributed by atoms with Crippen LogP contribution in [0.2, 0.25) is 5.02 Å². The zero-order chi connectivity index (χ0) is 25.6. The molecular formula is C27H37ClFN3O3. The largest absolute Gasteiger partial charge is 0.453 e. The average molecular weight is 506 g/mol. The maximum Gasteiger partial charge on any atom is 0.332 e. The Labute approximate surface area is 212 Å². The fourth-order valence-electron chi connectivity index (χ4n) is 4.67. The number of halogens is 2. The van der Waals surface area contributed by atoms with E-state index in [1.54, 1.807) is 32.1 Å². The number of carbonyl (C=O) groups is 1. The second kappa shape index (κ2) is 12.1. The lowest BCUT2D eigenvalue weighted by atomic mass is 9.75. The van der Waals surface area contributed by atoms with Crippen molar-refractivity contribution in [2.24, 2.45) is 23.2 Å². The molecule has 1 aromatic carbocycles. The molecule has 1 aliphatic rings. The molecule has 0 amide bonds. The van der Waals surface area contributed by atoms with E-state index in [1.807, 2.05) is 12.1 Å². The van der Waals surface area contributed by atoms with Crippen molar-refractivity contribution in [2.75, 3.05) is 13.3 Å². The summed E-state index contributed by atoms with van der Waals surface area (Å²) in [7, 11) is 0. The van der Waals surface area contributed by atoms with Gasteiger partial charge in [0.25, 0.3) is 0 Å². The van der Waals surface area contributed by atoms with Gasteiger partial charge >= 0.3 is 5.97 Å². The van der Waals surface area contributed by atoms with Gasteiger partial charge in [-0.25, -0.2) is 14.5 Å². The number of hydrogen-bond donors (Lipinski definition) is 0. The van der Waals surface area contributed by atoms with Crippen molar-refractivity contribution in [1.82, 2.24) is 14.8 Å². The van der Waals surface area contributed by atoms with Crippen LogP contribution in [0.3, 0.4) is 0 Å². The molecule has 2 aromatic rings. The van der Waals surface area contributed by atoms with Gasteiger partial charge in [-0.3, -0.25) is 4.39 Å². The predicted molar refractivity (Wildman–Crippen MR) is 136 cm³/mol. The third kappa shape index (κ3) is 7.37. The van der Waals surface area contributed by atoms with E-state index in [4.69, 9.17) is 21.1 Å². The van der Waals surface area contributed by atoms with Crippen molar-refractivity contribution in [2.45, 2.75) is 66.1 Å². The molecule has 35 heavy (non-hydrogen) atoms. The number of aromatic nitrogens is 3. The second-order valence-corrected chi connectivity index (χ2v) is 11.1. The lowest BCUT2D eigenvalue weighted by Crippen LogP contribution is -2.40. The molecule has 1 heterocycles. The highest BCUT2D eigenvalue weighted by Crippen LogP contribution is 2.36. The minimum absolute atomic E-state index is 0.0123. The number of nitrogens with zero attached hydrogens (tertiary/aromatic N) is 3. The van der Waals surface area contributed by atoms with Crippen molar-refractivity contribution in [3.05, 3.63) is 47.5 Å². The van der Waals surface area contributed by atoms with Gasteiger partial charge < -0.3 is 9.47 Å². The van der Waals surface area contributed by atoms with Crippen LogP contribution in [0.25, 0.3) is 11.8 Å². The van der Waals surface area contributed by atoms with Crippen molar-refractivity contribution < 1.29 is 18.7 Å². The van der Waals surface area contributed by atoms with Gasteiger partial charge in [0.1, 0.15) is 19.3 Å². The SMILES string of the molecule is CC1CCC(C(C)C)C(OCC(=O)OC(/C(=C\c2ccc(Cl)cc2)n2cncn2)C(C)(C)CF)C1. The van der Waals surface area contributed by atoms with Crippen LogP contribution in [-0.4, -0.2) is 46.2 Å². The van der Waals surface area contributed by atoms with Crippen LogP contribution in [-0.2, 0) is 14.3 Å². The topological polar surface area (TPSA) is 66.2 Å². The van der Waals surface area contributed by atoms with Crippen LogP contribution < -0.4 is 0 Å². The molecule has 1 aromatic heterocycles. The molecule has 4 unspecified atom stereocenters. The van der Waals surface area contributed by atoms with Crippen LogP contribution in [0.1, 0.15) is 59.4 Å². The van der Waals surface area contributed by atoms with Crippen LogP contribution in [0.15, 0.2) is 36.9 Å². The van der Waals surface area contributed by atoms with Gasteiger partial charge in [0, 0.05) is 10.4 Å². The van der Waals surface area contributed by atoms with Gasteiger partial charge in [-0.05, 0) is 54.4 Å². The van der Waals surface area contributed by atoms with E-state index in [-0.39, 0.29) is 12.7 Å². The lowest BCUT2D eigenvalue weighted by molar-refractivity contribution is -0.162. The van der Waals surface area contributed by atoms with Crippen molar-refractivity contribution >= 4 is 29.3 Å². The maximum atomic E-state index is 14.2. The summed E-state index contributed by atoms with van der Waals surface area (Å²) in [5.41, 5.74) is 0.287. The molecule has 8 heteroatoms. The Hall–Kier alpha value is -2.25. The number of hydrogen-bond acceptors (Lipinski definition) is 5. The van der Waals surface area contributed by atoms with E-state index >= 15 is 0 Å². The number of alkyl halides is 1. The van der Waals surface area contributed by atoms with Crippen LogP contribution in [0, 0.1) is 23.2 Å². The quantitative estimate of drug-likeness (QED) is 0.354. The number of esters is 1. The zero-order valence-corrected chi connectivity index (χ0v) is 22.0. The first-order valence-corrected chi connectivity index (χ1v) is 12.7. The summed E-state index contributed by atoms with van der Waals surface area (Å²) in [4.78, 5) is 17.1. The van der Waals surface area contributed by atoms with Gasteiger partial charge in [0.05, 0.1) is 18.5 Å². The molecule has 0 aliphatic heterocycles. The van der Waals surface area contributed by atoms with E-state index in [1.165, 1.54) is 23.8 Å². The molecule has 0 N–H and O–H groups in total. The van der Waals surface area contributed by atoms with E-state index in [0.717, 1.165) is 18.4 Å². The standard InChI is InChI=1S/C27H37ClFN3O3/c1-18(2)22-11-6-19(3)12-24(22)34-14-25(33)35-26(27(4,5)15-29)23(32-17-30-16-31-32)13-20-7-9-21(28)10-8-20/h7-10,13,16-19,22,24,26H,6,11-12,14-15H2,1-5H3/b23-13+. The highest BCUT2D eigenvalue weighted by Gasteiger charge is 2.38. The fourth-order valence-corrected chi connectivity index (χ4v) is 4.80. The normalized spacial score (nSPS) is 22.3. The smallest absolute Gasteiger partial charge is 0.332 e. The number of rotatable bonds is 10. The molecule has 0 radical (unpaired) electrons. The second-order valence-electron chi connectivity index (χ2n) is 10.6. The highest BCUT2D eigenvalue weighted by atomic mass is 35.5. The minimum atomic E-state index is -1.01. The molecule has 6 nitrogen and oxygen atoms in total. The average Bonchev–Trinajstić information content (AvgIpc) is 3.35. The van der Waals surface area contributed by atoms with E-state index in [0.29, 0.717) is 28.5 Å². The highest BCUT2D eigenvalue weighted by molar-refractivity contribution is 6.30. The van der Waals surface area contributed by atoms with Gasteiger partial charge in [-0.1, -0.05) is 64.8 Å². The van der Waals surface area contributed by atoms with Crippen molar-refractivity contribution in [3.63, 3.8) is 0 Å². The third-order valence-corrected chi connectivity index (χ3v) is 7.07. The molecule has 1 aliphatic carbocycles. The number of benzene rings is 1. The molecule has 4 atom stereocenters. The summed E-state index contributed by atoms with van der Waals surface area (Å²) in [5.74, 6) is 0.917. The Morgan fingerprint density at radius 3 is 2.60 bits per heavy atom. The fraction of sp³-hybridized carbons (Fsp3) is 0.593. The lowest BCUT2D eigenvalue weighted by Gasteiger charge is -2.37. The Bertz CT molecular complexity index is 976. The van der Waals surface area contributed by atoms with Crippen LogP contribution >= 0.6 is 11.6 Å². The molecule has 0 saturated heterocycles. The van der Waals surface area contributed by atoms with Crippen molar-refractivity contribution in [3.8, 4) is 0 Å². The van der Waals surface area contributed by atoms with E-state index in [2.05, 4.69) is 30.9 Å². The Morgan fingerprint density at radius 1 is 1.29 bits per heavy atom. The van der Waals surface area contributed by atoms with Crippen molar-refractivity contribution in [1.29, 1.82) is 0 Å². The summed E-state index contributed by atoms with van der Waals surface area (Å²) in [6, 6.07) is 7.19. The third-order valence-electron chi connectivity index (χ3n) is 6.82. The summed E-state index contributed by atoms with van der Waals surface area (Å²) in [6.45, 7) is 9.17. The number of ether oxygens (including phenoxy) is 2. The molecule has 0 bridgehead atoms. The van der Waals surface area contributed by atoms with Crippen LogP contribution in [0.4, 0.5) is 4.39 Å². The molecule has 1 fully saturated rings. The zero-order valence-electron chi connectivity index (χ0n) is 21.3.